The Hall–Kier alpha value is -1.19. The minimum absolute atomic E-state index is 0.342. The summed E-state index contributed by atoms with van der Waals surface area (Å²) in [5.74, 6) is 0.342. The topological polar surface area (TPSA) is 38.9 Å². The third-order valence-corrected chi connectivity index (χ3v) is 4.31. The van der Waals surface area contributed by atoms with Crippen LogP contribution >= 0.6 is 11.3 Å². The molecule has 1 aromatic carbocycles. The Morgan fingerprint density at radius 1 is 1.22 bits per heavy atom. The van der Waals surface area contributed by atoms with Gasteiger partial charge in [0.25, 0.3) is 0 Å². The largest absolute Gasteiger partial charge is 0.330 e. The van der Waals surface area contributed by atoms with Gasteiger partial charge in [-0.2, -0.15) is 0 Å². The lowest BCUT2D eigenvalue weighted by molar-refractivity contribution is 0.766. The predicted octanol–water partition coefficient (Wildman–Crippen LogP) is 3.80. The number of hydrogen-bond acceptors (Lipinski definition) is 3. The molecular weight excluding hydrogens is 240 g/mol. The molecule has 0 aliphatic carbocycles. The van der Waals surface area contributed by atoms with Gasteiger partial charge in [-0.3, -0.25) is 0 Å². The molecule has 2 N–H and O–H groups in total. The van der Waals surface area contributed by atoms with Crippen molar-refractivity contribution in [3.8, 4) is 11.3 Å². The van der Waals surface area contributed by atoms with Crippen LogP contribution in [0.4, 0.5) is 0 Å². The Morgan fingerprint density at radius 2 is 1.83 bits per heavy atom. The van der Waals surface area contributed by atoms with E-state index in [4.69, 9.17) is 10.7 Å². The Balaban J connectivity index is 2.46. The van der Waals surface area contributed by atoms with Gasteiger partial charge in [0.2, 0.25) is 0 Å². The average Bonchev–Trinajstić information content (AvgIpc) is 2.76. The van der Waals surface area contributed by atoms with E-state index >= 15 is 0 Å². The molecule has 0 aliphatic rings. The van der Waals surface area contributed by atoms with E-state index in [0.29, 0.717) is 12.5 Å². The van der Waals surface area contributed by atoms with Crippen LogP contribution in [0.3, 0.4) is 0 Å². The highest BCUT2D eigenvalue weighted by atomic mass is 32.1. The molecule has 1 atom stereocenters. The normalized spacial score (nSPS) is 12.7. The molecule has 2 aromatic rings. The number of nitrogens with zero attached hydrogens (tertiary/aromatic N) is 1. The van der Waals surface area contributed by atoms with Crippen LogP contribution in [0.15, 0.2) is 17.5 Å². The number of thiazole rings is 1. The molecule has 0 saturated carbocycles. The highest BCUT2D eigenvalue weighted by Crippen LogP contribution is 2.31. The molecule has 0 aliphatic heterocycles. The Labute approximate surface area is 113 Å². The molecule has 0 saturated heterocycles. The maximum Gasteiger partial charge on any atom is 0.0973 e. The zero-order valence-electron chi connectivity index (χ0n) is 11.4. The van der Waals surface area contributed by atoms with Gasteiger partial charge in [-0.15, -0.1) is 11.3 Å². The summed E-state index contributed by atoms with van der Waals surface area (Å²) in [6, 6.07) is 4.43. The fraction of sp³-hybridized carbons (Fsp3) is 0.400. The summed E-state index contributed by atoms with van der Waals surface area (Å²) in [6.07, 6.45) is 0. The molecule has 1 heterocycles. The van der Waals surface area contributed by atoms with Crippen molar-refractivity contribution in [1.82, 2.24) is 4.98 Å². The quantitative estimate of drug-likeness (QED) is 0.911. The predicted molar refractivity (Wildman–Crippen MR) is 79.2 cm³/mol. The van der Waals surface area contributed by atoms with Crippen LogP contribution in [-0.2, 0) is 0 Å². The van der Waals surface area contributed by atoms with E-state index in [2.05, 4.69) is 45.2 Å². The number of benzene rings is 1. The molecule has 2 nitrogen and oxygen atoms in total. The second-order valence-electron chi connectivity index (χ2n) is 4.98. The van der Waals surface area contributed by atoms with Crippen LogP contribution in [0.1, 0.15) is 34.5 Å². The van der Waals surface area contributed by atoms with E-state index in [-0.39, 0.29) is 0 Å². The first-order valence-electron chi connectivity index (χ1n) is 6.26. The first kappa shape index (κ1) is 13.2. The molecular formula is C15H20N2S. The van der Waals surface area contributed by atoms with Gasteiger partial charge < -0.3 is 5.73 Å². The highest BCUT2D eigenvalue weighted by Gasteiger charge is 2.13. The maximum atomic E-state index is 5.70. The van der Waals surface area contributed by atoms with E-state index < -0.39 is 0 Å². The van der Waals surface area contributed by atoms with E-state index in [1.165, 1.54) is 22.3 Å². The Morgan fingerprint density at radius 3 is 2.39 bits per heavy atom. The Kier molecular flexibility index (Phi) is 3.83. The van der Waals surface area contributed by atoms with E-state index in [9.17, 15) is 0 Å². The van der Waals surface area contributed by atoms with Gasteiger partial charge in [0, 0.05) is 23.4 Å². The molecule has 0 fully saturated rings. The Bertz CT molecular complexity index is 534. The monoisotopic (exact) mass is 260 g/mol. The van der Waals surface area contributed by atoms with Crippen LogP contribution in [0.5, 0.6) is 0 Å². The van der Waals surface area contributed by atoms with Gasteiger partial charge in [0.05, 0.1) is 10.7 Å². The smallest absolute Gasteiger partial charge is 0.0973 e. The number of nitrogens with two attached hydrogens (primary N) is 1. The van der Waals surface area contributed by atoms with Crippen molar-refractivity contribution >= 4 is 11.3 Å². The van der Waals surface area contributed by atoms with Crippen LogP contribution in [0.25, 0.3) is 11.3 Å². The SMILES string of the molecule is Cc1cc(C)c(-c2csc(C(C)CN)n2)c(C)c1. The maximum absolute atomic E-state index is 5.70. The van der Waals surface area contributed by atoms with E-state index in [1.807, 2.05) is 0 Å². The number of rotatable bonds is 3. The summed E-state index contributed by atoms with van der Waals surface area (Å²) in [4.78, 5) is 4.74. The summed E-state index contributed by atoms with van der Waals surface area (Å²) >= 11 is 1.71. The van der Waals surface area contributed by atoms with Crippen LogP contribution in [0, 0.1) is 20.8 Å². The molecule has 1 aromatic heterocycles. The molecule has 96 valence electrons. The molecule has 0 spiro atoms. The zero-order chi connectivity index (χ0) is 13.3. The zero-order valence-corrected chi connectivity index (χ0v) is 12.3. The number of hydrogen-bond donors (Lipinski definition) is 1. The first-order chi connectivity index (χ1) is 8.52. The first-order valence-corrected chi connectivity index (χ1v) is 7.14. The minimum atomic E-state index is 0.342. The lowest BCUT2D eigenvalue weighted by atomic mass is 9.98. The number of aryl methyl sites for hydroxylation is 3. The van der Waals surface area contributed by atoms with E-state index in [1.54, 1.807) is 11.3 Å². The molecule has 0 bridgehead atoms. The standard InChI is InChI=1S/C15H20N2S/c1-9-5-10(2)14(11(3)6-9)13-8-18-15(17-13)12(4)7-16/h5-6,8,12H,7,16H2,1-4H3. The van der Waals surface area contributed by atoms with Crippen molar-refractivity contribution in [2.75, 3.05) is 6.54 Å². The van der Waals surface area contributed by atoms with Crippen molar-refractivity contribution in [3.05, 3.63) is 39.2 Å². The molecule has 1 unspecified atom stereocenters. The van der Waals surface area contributed by atoms with Gasteiger partial charge in [0.1, 0.15) is 0 Å². The molecule has 3 heteroatoms. The highest BCUT2D eigenvalue weighted by molar-refractivity contribution is 7.10. The third kappa shape index (κ3) is 2.47. The summed E-state index contributed by atoms with van der Waals surface area (Å²) in [5, 5.41) is 3.28. The summed E-state index contributed by atoms with van der Waals surface area (Å²) in [6.45, 7) is 9.21. The van der Waals surface area contributed by atoms with Crippen molar-refractivity contribution in [2.45, 2.75) is 33.6 Å². The van der Waals surface area contributed by atoms with Crippen LogP contribution < -0.4 is 5.73 Å². The van der Waals surface area contributed by atoms with Crippen molar-refractivity contribution in [3.63, 3.8) is 0 Å². The van der Waals surface area contributed by atoms with Gasteiger partial charge in [-0.05, 0) is 31.9 Å². The molecule has 0 amide bonds. The fourth-order valence-corrected chi connectivity index (χ4v) is 3.20. The van der Waals surface area contributed by atoms with Crippen molar-refractivity contribution in [1.29, 1.82) is 0 Å². The molecule has 0 radical (unpaired) electrons. The second-order valence-corrected chi connectivity index (χ2v) is 5.87. The lowest BCUT2D eigenvalue weighted by Crippen LogP contribution is -2.08. The van der Waals surface area contributed by atoms with Crippen molar-refractivity contribution < 1.29 is 0 Å². The van der Waals surface area contributed by atoms with Crippen molar-refractivity contribution in [2.24, 2.45) is 5.73 Å². The summed E-state index contributed by atoms with van der Waals surface area (Å²) < 4.78 is 0. The number of aromatic nitrogens is 1. The van der Waals surface area contributed by atoms with Crippen LogP contribution in [0.2, 0.25) is 0 Å². The van der Waals surface area contributed by atoms with Gasteiger partial charge >= 0.3 is 0 Å². The molecule has 18 heavy (non-hydrogen) atoms. The summed E-state index contributed by atoms with van der Waals surface area (Å²) in [5.41, 5.74) is 12.0. The average molecular weight is 260 g/mol. The van der Waals surface area contributed by atoms with Gasteiger partial charge in [0.15, 0.2) is 0 Å². The third-order valence-electron chi connectivity index (χ3n) is 3.23. The van der Waals surface area contributed by atoms with E-state index in [0.717, 1.165) is 10.7 Å². The lowest BCUT2D eigenvalue weighted by Gasteiger charge is -2.09. The minimum Gasteiger partial charge on any atom is -0.330 e. The fourth-order valence-electron chi connectivity index (χ4n) is 2.31. The molecule has 2 rings (SSSR count). The van der Waals surface area contributed by atoms with Gasteiger partial charge in [-0.25, -0.2) is 4.98 Å². The summed E-state index contributed by atoms with van der Waals surface area (Å²) in [7, 11) is 0. The van der Waals surface area contributed by atoms with Crippen LogP contribution in [-0.4, -0.2) is 11.5 Å². The van der Waals surface area contributed by atoms with Gasteiger partial charge in [-0.1, -0.05) is 24.6 Å². The second kappa shape index (κ2) is 5.21.